The molecule has 106 valence electrons. The van der Waals surface area contributed by atoms with Crippen LogP contribution in [0.4, 0.5) is 0 Å². The Bertz CT molecular complexity index is 747. The highest BCUT2D eigenvalue weighted by molar-refractivity contribution is 5.83. The standard InChI is InChI=1S/C19H20N2/c1-14(20)9-10-15-5-4-7-16(11-15)18-12-17-6-2-3-8-19(17)21-13-18/h2-8,11-14H,9-10,20H2,1H3. The minimum absolute atomic E-state index is 0.246. The third-order valence-corrected chi connectivity index (χ3v) is 3.74. The van der Waals surface area contributed by atoms with Gasteiger partial charge in [0, 0.05) is 23.2 Å². The largest absolute Gasteiger partial charge is 0.328 e. The monoisotopic (exact) mass is 276 g/mol. The Labute approximate surface area is 125 Å². The highest BCUT2D eigenvalue weighted by Gasteiger charge is 2.03. The van der Waals surface area contributed by atoms with E-state index in [2.05, 4.69) is 48.3 Å². The molecule has 3 aromatic rings. The second-order valence-corrected chi connectivity index (χ2v) is 5.63. The number of benzene rings is 2. The fraction of sp³-hybridized carbons (Fsp3) is 0.211. The van der Waals surface area contributed by atoms with Crippen LogP contribution in [0.5, 0.6) is 0 Å². The maximum Gasteiger partial charge on any atom is 0.0702 e. The number of hydrogen-bond acceptors (Lipinski definition) is 2. The molecule has 2 N–H and O–H groups in total. The van der Waals surface area contributed by atoms with Gasteiger partial charge in [-0.1, -0.05) is 42.5 Å². The van der Waals surface area contributed by atoms with Crippen molar-refractivity contribution in [3.63, 3.8) is 0 Å². The first kappa shape index (κ1) is 13.8. The number of nitrogens with zero attached hydrogens (tertiary/aromatic N) is 1. The smallest absolute Gasteiger partial charge is 0.0702 e. The number of fused-ring (bicyclic) bond motifs is 1. The summed E-state index contributed by atoms with van der Waals surface area (Å²) in [6, 6.07) is 19.3. The fourth-order valence-electron chi connectivity index (χ4n) is 2.53. The van der Waals surface area contributed by atoms with Gasteiger partial charge in [0.05, 0.1) is 5.52 Å². The summed E-state index contributed by atoms with van der Waals surface area (Å²) < 4.78 is 0. The van der Waals surface area contributed by atoms with E-state index < -0.39 is 0 Å². The normalized spacial score (nSPS) is 12.5. The van der Waals surface area contributed by atoms with E-state index in [9.17, 15) is 0 Å². The van der Waals surface area contributed by atoms with E-state index in [-0.39, 0.29) is 6.04 Å². The van der Waals surface area contributed by atoms with E-state index in [1.54, 1.807) is 0 Å². The molecule has 0 aliphatic heterocycles. The van der Waals surface area contributed by atoms with Crippen molar-refractivity contribution < 1.29 is 0 Å². The maximum absolute atomic E-state index is 5.84. The first-order valence-corrected chi connectivity index (χ1v) is 7.42. The van der Waals surface area contributed by atoms with Crippen LogP contribution < -0.4 is 5.73 Å². The molecule has 0 aliphatic carbocycles. The topological polar surface area (TPSA) is 38.9 Å². The van der Waals surface area contributed by atoms with Gasteiger partial charge in [-0.15, -0.1) is 0 Å². The van der Waals surface area contributed by atoms with Crippen molar-refractivity contribution in [2.24, 2.45) is 5.73 Å². The van der Waals surface area contributed by atoms with Gasteiger partial charge in [-0.2, -0.15) is 0 Å². The van der Waals surface area contributed by atoms with Gasteiger partial charge in [0.25, 0.3) is 0 Å². The number of pyridine rings is 1. The molecule has 0 amide bonds. The van der Waals surface area contributed by atoms with E-state index in [0.29, 0.717) is 0 Å². The maximum atomic E-state index is 5.84. The molecule has 2 nitrogen and oxygen atoms in total. The molecule has 3 rings (SSSR count). The molecule has 1 atom stereocenters. The molecule has 0 radical (unpaired) electrons. The van der Waals surface area contributed by atoms with Crippen LogP contribution >= 0.6 is 0 Å². The third kappa shape index (κ3) is 3.29. The summed E-state index contributed by atoms with van der Waals surface area (Å²) in [7, 11) is 0. The van der Waals surface area contributed by atoms with Gasteiger partial charge in [-0.25, -0.2) is 0 Å². The number of aryl methyl sites for hydroxylation is 1. The van der Waals surface area contributed by atoms with Crippen LogP contribution in [0, 0.1) is 0 Å². The Morgan fingerprint density at radius 2 is 1.86 bits per heavy atom. The molecule has 2 heteroatoms. The molecule has 0 saturated carbocycles. The van der Waals surface area contributed by atoms with E-state index in [4.69, 9.17) is 5.73 Å². The van der Waals surface area contributed by atoms with Crippen LogP contribution in [0.2, 0.25) is 0 Å². The predicted molar refractivity (Wildman–Crippen MR) is 89.1 cm³/mol. The lowest BCUT2D eigenvalue weighted by atomic mass is 10.00. The summed E-state index contributed by atoms with van der Waals surface area (Å²) in [6.07, 6.45) is 3.99. The quantitative estimate of drug-likeness (QED) is 0.776. The van der Waals surface area contributed by atoms with Gasteiger partial charge in [0.15, 0.2) is 0 Å². The summed E-state index contributed by atoms with van der Waals surface area (Å²) in [5, 5.41) is 1.18. The lowest BCUT2D eigenvalue weighted by molar-refractivity contribution is 0.666. The van der Waals surface area contributed by atoms with Crippen LogP contribution in [0.1, 0.15) is 18.9 Å². The van der Waals surface area contributed by atoms with Crippen LogP contribution in [-0.4, -0.2) is 11.0 Å². The zero-order valence-corrected chi connectivity index (χ0v) is 12.3. The van der Waals surface area contributed by atoms with Crippen LogP contribution in [0.15, 0.2) is 60.8 Å². The predicted octanol–water partition coefficient (Wildman–Crippen LogP) is 4.18. The zero-order chi connectivity index (χ0) is 14.7. The number of nitrogens with two attached hydrogens (primary N) is 1. The summed E-state index contributed by atoms with van der Waals surface area (Å²) in [4.78, 5) is 4.54. The van der Waals surface area contributed by atoms with Crippen LogP contribution in [0.3, 0.4) is 0 Å². The lowest BCUT2D eigenvalue weighted by Crippen LogP contribution is -2.15. The number of aromatic nitrogens is 1. The zero-order valence-electron chi connectivity index (χ0n) is 12.3. The van der Waals surface area contributed by atoms with Crippen molar-refractivity contribution in [3.8, 4) is 11.1 Å². The Morgan fingerprint density at radius 3 is 2.71 bits per heavy atom. The minimum atomic E-state index is 0.246. The van der Waals surface area contributed by atoms with Crippen molar-refractivity contribution in [3.05, 3.63) is 66.4 Å². The number of para-hydroxylation sites is 1. The highest BCUT2D eigenvalue weighted by Crippen LogP contribution is 2.24. The molecule has 1 aromatic heterocycles. The molecule has 0 saturated heterocycles. The van der Waals surface area contributed by atoms with Crippen molar-refractivity contribution >= 4 is 10.9 Å². The SMILES string of the molecule is CC(N)CCc1cccc(-c2cnc3ccccc3c2)c1. The van der Waals surface area contributed by atoms with E-state index in [1.165, 1.54) is 16.5 Å². The van der Waals surface area contributed by atoms with Crippen molar-refractivity contribution in [1.29, 1.82) is 0 Å². The second kappa shape index (κ2) is 6.06. The van der Waals surface area contributed by atoms with Gasteiger partial charge < -0.3 is 5.73 Å². The first-order chi connectivity index (χ1) is 10.2. The van der Waals surface area contributed by atoms with Crippen molar-refractivity contribution in [2.45, 2.75) is 25.8 Å². The van der Waals surface area contributed by atoms with Crippen molar-refractivity contribution in [2.75, 3.05) is 0 Å². The average molecular weight is 276 g/mol. The average Bonchev–Trinajstić information content (AvgIpc) is 2.53. The third-order valence-electron chi connectivity index (χ3n) is 3.74. The Kier molecular flexibility index (Phi) is 3.98. The van der Waals surface area contributed by atoms with Crippen molar-refractivity contribution in [1.82, 2.24) is 4.98 Å². The van der Waals surface area contributed by atoms with Crippen LogP contribution in [-0.2, 0) is 6.42 Å². The summed E-state index contributed by atoms with van der Waals surface area (Å²) in [5.41, 5.74) is 10.6. The van der Waals surface area contributed by atoms with Gasteiger partial charge in [-0.05, 0) is 43.0 Å². The summed E-state index contributed by atoms with van der Waals surface area (Å²) in [5.74, 6) is 0. The minimum Gasteiger partial charge on any atom is -0.328 e. The molecular weight excluding hydrogens is 256 g/mol. The van der Waals surface area contributed by atoms with E-state index >= 15 is 0 Å². The van der Waals surface area contributed by atoms with Gasteiger partial charge in [0.1, 0.15) is 0 Å². The molecule has 0 aliphatic rings. The number of rotatable bonds is 4. The fourth-order valence-corrected chi connectivity index (χ4v) is 2.53. The van der Waals surface area contributed by atoms with Gasteiger partial charge in [0.2, 0.25) is 0 Å². The van der Waals surface area contributed by atoms with Gasteiger partial charge in [-0.3, -0.25) is 4.98 Å². The molecule has 1 unspecified atom stereocenters. The molecule has 21 heavy (non-hydrogen) atoms. The molecule has 0 spiro atoms. The molecule has 1 heterocycles. The Hall–Kier alpha value is -2.19. The molecule has 2 aromatic carbocycles. The molecular formula is C19H20N2. The Balaban J connectivity index is 1.92. The van der Waals surface area contributed by atoms with Gasteiger partial charge >= 0.3 is 0 Å². The van der Waals surface area contributed by atoms with Crippen LogP contribution in [0.25, 0.3) is 22.0 Å². The summed E-state index contributed by atoms with van der Waals surface area (Å²) >= 11 is 0. The lowest BCUT2D eigenvalue weighted by Gasteiger charge is -2.08. The Morgan fingerprint density at radius 1 is 1.00 bits per heavy atom. The molecule has 0 bridgehead atoms. The van der Waals surface area contributed by atoms with E-state index in [0.717, 1.165) is 23.9 Å². The number of hydrogen-bond donors (Lipinski definition) is 1. The highest BCUT2D eigenvalue weighted by atomic mass is 14.6. The summed E-state index contributed by atoms with van der Waals surface area (Å²) in [6.45, 7) is 2.05. The second-order valence-electron chi connectivity index (χ2n) is 5.63. The van der Waals surface area contributed by atoms with E-state index in [1.807, 2.05) is 24.4 Å². The molecule has 0 fully saturated rings. The first-order valence-electron chi connectivity index (χ1n) is 7.42.